The zero-order valence-corrected chi connectivity index (χ0v) is 21.4. The highest BCUT2D eigenvalue weighted by molar-refractivity contribution is 6.31. The van der Waals surface area contributed by atoms with Gasteiger partial charge in [-0.15, -0.1) is 0 Å². The number of halogens is 2. The molecule has 1 aliphatic carbocycles. The normalized spacial score (nSPS) is 14.5. The number of nitrogens with zero attached hydrogens (tertiary/aromatic N) is 3. The van der Waals surface area contributed by atoms with Gasteiger partial charge in [0, 0.05) is 21.7 Å². The van der Waals surface area contributed by atoms with Crippen molar-refractivity contribution in [2.24, 2.45) is 0 Å². The number of hydrogen-bond acceptors (Lipinski definition) is 5. The number of ether oxygens (including phenoxy) is 1. The van der Waals surface area contributed by atoms with Gasteiger partial charge in [0.2, 0.25) is 0 Å². The van der Waals surface area contributed by atoms with E-state index in [2.05, 4.69) is 15.4 Å². The molecule has 10 heteroatoms. The molecule has 5 rings (SSSR count). The fourth-order valence-electron chi connectivity index (χ4n) is 4.37. The van der Waals surface area contributed by atoms with Gasteiger partial charge in [0.1, 0.15) is 17.7 Å². The molecule has 2 aromatic carbocycles. The first-order chi connectivity index (χ1) is 18.2. The molecule has 0 bridgehead atoms. The van der Waals surface area contributed by atoms with Gasteiger partial charge in [-0.25, -0.2) is 13.9 Å². The number of amides is 1. The van der Waals surface area contributed by atoms with Gasteiger partial charge in [-0.3, -0.25) is 15.1 Å². The molecule has 0 spiro atoms. The Kier molecular flexibility index (Phi) is 6.62. The van der Waals surface area contributed by atoms with Crippen molar-refractivity contribution < 1.29 is 23.8 Å². The molecule has 1 amide bonds. The Morgan fingerprint density at radius 3 is 2.55 bits per heavy atom. The second kappa shape index (κ2) is 9.90. The van der Waals surface area contributed by atoms with E-state index in [4.69, 9.17) is 16.3 Å². The number of aryl methyl sites for hydroxylation is 1. The molecular weight excluding hydrogens is 511 g/mol. The van der Waals surface area contributed by atoms with Crippen LogP contribution in [0.25, 0.3) is 16.9 Å². The lowest BCUT2D eigenvalue weighted by Crippen LogP contribution is -2.19. The van der Waals surface area contributed by atoms with E-state index in [1.165, 1.54) is 16.9 Å². The van der Waals surface area contributed by atoms with Gasteiger partial charge in [-0.1, -0.05) is 35.9 Å². The molecule has 0 saturated heterocycles. The van der Waals surface area contributed by atoms with Gasteiger partial charge in [-0.2, -0.15) is 5.10 Å². The molecular formula is C28H24ClFN4O4. The molecule has 1 unspecified atom stereocenters. The summed E-state index contributed by atoms with van der Waals surface area (Å²) in [4.78, 5) is 28.6. The molecule has 194 valence electrons. The maximum atomic E-state index is 14.9. The average Bonchev–Trinajstić information content (AvgIpc) is 3.64. The van der Waals surface area contributed by atoms with Crippen LogP contribution in [0.1, 0.15) is 42.6 Å². The monoisotopic (exact) mass is 534 g/mol. The Morgan fingerprint density at radius 1 is 1.16 bits per heavy atom. The second-order valence-corrected chi connectivity index (χ2v) is 9.67. The van der Waals surface area contributed by atoms with Crippen LogP contribution in [0, 0.1) is 12.7 Å². The van der Waals surface area contributed by atoms with Crippen molar-refractivity contribution in [2.75, 3.05) is 5.32 Å². The summed E-state index contributed by atoms with van der Waals surface area (Å²) in [6.45, 7) is 3.52. The smallest absolute Gasteiger partial charge is 0.413 e. The van der Waals surface area contributed by atoms with Crippen LogP contribution in [0.3, 0.4) is 0 Å². The maximum absolute atomic E-state index is 14.9. The minimum absolute atomic E-state index is 0.258. The summed E-state index contributed by atoms with van der Waals surface area (Å²) in [6, 6.07) is 14.9. The number of hydrogen-bond donors (Lipinski definition) is 2. The lowest BCUT2D eigenvalue weighted by atomic mass is 9.94. The van der Waals surface area contributed by atoms with E-state index in [0.717, 1.165) is 0 Å². The van der Waals surface area contributed by atoms with Gasteiger partial charge in [0.15, 0.2) is 0 Å². The topological polar surface area (TPSA) is 106 Å². The lowest BCUT2D eigenvalue weighted by Gasteiger charge is -2.16. The van der Waals surface area contributed by atoms with Crippen molar-refractivity contribution in [2.45, 2.75) is 38.2 Å². The third-order valence-electron chi connectivity index (χ3n) is 6.75. The Balaban J connectivity index is 1.33. The number of carbonyl (C=O) groups excluding carboxylic acids is 1. The largest absolute Gasteiger partial charge is 0.481 e. The van der Waals surface area contributed by atoms with Crippen LogP contribution in [0.5, 0.6) is 0 Å². The summed E-state index contributed by atoms with van der Waals surface area (Å²) in [5, 5.41) is 17.0. The summed E-state index contributed by atoms with van der Waals surface area (Å²) in [6.07, 6.45) is 2.85. The molecule has 2 N–H and O–H groups in total. The van der Waals surface area contributed by atoms with Crippen molar-refractivity contribution in [3.8, 4) is 16.9 Å². The number of carboxylic acids is 1. The SMILES string of the molecule is Cc1cnn(-c2ccc(-c3ccc(C4(C(=O)O)CC4)cc3F)nc2)c1NC(=O)OC(C)c1ccccc1Cl. The van der Waals surface area contributed by atoms with Gasteiger partial charge in [0.05, 0.1) is 29.2 Å². The number of anilines is 1. The first-order valence-electron chi connectivity index (χ1n) is 12.0. The van der Waals surface area contributed by atoms with Crippen molar-refractivity contribution in [3.05, 3.63) is 94.5 Å². The van der Waals surface area contributed by atoms with Gasteiger partial charge < -0.3 is 9.84 Å². The number of pyridine rings is 1. The minimum atomic E-state index is -0.982. The fourth-order valence-corrected chi connectivity index (χ4v) is 4.66. The predicted molar refractivity (Wildman–Crippen MR) is 140 cm³/mol. The van der Waals surface area contributed by atoms with E-state index in [1.54, 1.807) is 62.5 Å². The Hall–Kier alpha value is -4.24. The van der Waals surface area contributed by atoms with E-state index in [0.29, 0.717) is 51.8 Å². The number of benzene rings is 2. The summed E-state index contributed by atoms with van der Waals surface area (Å²) < 4.78 is 21.9. The highest BCUT2D eigenvalue weighted by Gasteiger charge is 2.51. The summed E-state index contributed by atoms with van der Waals surface area (Å²) in [7, 11) is 0. The van der Waals surface area contributed by atoms with Crippen molar-refractivity contribution in [3.63, 3.8) is 0 Å². The highest BCUT2D eigenvalue weighted by atomic mass is 35.5. The summed E-state index contributed by atoms with van der Waals surface area (Å²) in [5.74, 6) is -1.08. The van der Waals surface area contributed by atoms with Crippen LogP contribution in [0.15, 0.2) is 67.0 Å². The van der Waals surface area contributed by atoms with Gasteiger partial charge >= 0.3 is 12.1 Å². The number of carboxylic acid groups (broad SMARTS) is 1. The first-order valence-corrected chi connectivity index (χ1v) is 12.3. The number of nitrogens with one attached hydrogen (secondary N) is 1. The summed E-state index contributed by atoms with van der Waals surface area (Å²) in [5.41, 5.74) is 2.04. The fraction of sp³-hybridized carbons (Fsp3) is 0.214. The quantitative estimate of drug-likeness (QED) is 0.282. The molecule has 0 aliphatic heterocycles. The number of rotatable bonds is 7. The lowest BCUT2D eigenvalue weighted by molar-refractivity contribution is -0.140. The van der Waals surface area contributed by atoms with Crippen LogP contribution in [-0.4, -0.2) is 31.9 Å². The molecule has 1 atom stereocenters. The zero-order valence-electron chi connectivity index (χ0n) is 20.6. The standard InChI is InChI=1S/C28H24ClFN4O4/c1-16-14-32-34(25(16)33-27(37)38-17(2)20-5-3-4-6-22(20)29)19-8-10-24(31-15-19)21-9-7-18(13-23(21)30)28(11-12-28)26(35)36/h3-10,13-15,17H,11-12H2,1-2H3,(H,33,37)(H,35,36). The molecule has 2 heterocycles. The molecule has 8 nitrogen and oxygen atoms in total. The van der Waals surface area contributed by atoms with Crippen LogP contribution in [0.4, 0.5) is 15.0 Å². The second-order valence-electron chi connectivity index (χ2n) is 9.27. The minimum Gasteiger partial charge on any atom is -0.481 e. The Labute approximate surface area is 223 Å². The number of carbonyl (C=O) groups is 2. The van der Waals surface area contributed by atoms with E-state index >= 15 is 0 Å². The van der Waals surface area contributed by atoms with Crippen molar-refractivity contribution in [1.29, 1.82) is 0 Å². The third-order valence-corrected chi connectivity index (χ3v) is 7.09. The molecule has 2 aromatic heterocycles. The average molecular weight is 535 g/mol. The third kappa shape index (κ3) is 4.72. The number of aliphatic carboxylic acids is 1. The molecule has 38 heavy (non-hydrogen) atoms. The highest BCUT2D eigenvalue weighted by Crippen LogP contribution is 2.49. The first kappa shape index (κ1) is 25.4. The van der Waals surface area contributed by atoms with E-state index in [-0.39, 0.29) is 5.56 Å². The Morgan fingerprint density at radius 2 is 1.92 bits per heavy atom. The van der Waals surface area contributed by atoms with Gasteiger partial charge in [0.25, 0.3) is 0 Å². The molecule has 1 saturated carbocycles. The van der Waals surface area contributed by atoms with E-state index < -0.39 is 29.4 Å². The van der Waals surface area contributed by atoms with Gasteiger partial charge in [-0.05, 0) is 62.6 Å². The molecule has 0 radical (unpaired) electrons. The predicted octanol–water partition coefficient (Wildman–Crippen LogP) is 6.46. The number of aromatic nitrogens is 3. The van der Waals surface area contributed by atoms with Crippen molar-refractivity contribution in [1.82, 2.24) is 14.8 Å². The van der Waals surface area contributed by atoms with Crippen LogP contribution < -0.4 is 5.32 Å². The molecule has 1 aliphatic rings. The Bertz CT molecular complexity index is 1530. The van der Waals surface area contributed by atoms with Crippen molar-refractivity contribution >= 4 is 29.5 Å². The maximum Gasteiger partial charge on any atom is 0.413 e. The van der Waals surface area contributed by atoms with E-state index in [9.17, 15) is 19.1 Å². The molecule has 4 aromatic rings. The van der Waals surface area contributed by atoms with Crippen LogP contribution in [0.2, 0.25) is 5.02 Å². The van der Waals surface area contributed by atoms with E-state index in [1.807, 2.05) is 6.07 Å². The van der Waals surface area contributed by atoms with Crippen LogP contribution in [-0.2, 0) is 14.9 Å². The molecule has 1 fully saturated rings. The zero-order chi connectivity index (χ0) is 27.0. The summed E-state index contributed by atoms with van der Waals surface area (Å²) >= 11 is 6.21. The van der Waals surface area contributed by atoms with Crippen LogP contribution >= 0.6 is 11.6 Å².